The Balaban J connectivity index is 1.83. The standard InChI is InChI=1S/C18H29N3O3S/c1-3-14(2)17(19)18(22)20-13-15-9-11-21(12-10-15)25(23,24)16-7-5-4-6-8-16/h4-8,14-15,17H,3,9-13,19H2,1-2H3,(H,20,22). The monoisotopic (exact) mass is 367 g/mol. The number of hydrogen-bond acceptors (Lipinski definition) is 4. The molecule has 1 aromatic rings. The second kappa shape index (κ2) is 8.78. The first kappa shape index (κ1) is 19.9. The number of nitrogens with zero attached hydrogens (tertiary/aromatic N) is 1. The highest BCUT2D eigenvalue weighted by Gasteiger charge is 2.29. The molecule has 1 fully saturated rings. The Labute approximate surface area is 150 Å². The first-order chi connectivity index (χ1) is 11.9. The number of amides is 1. The number of benzene rings is 1. The zero-order chi connectivity index (χ0) is 18.4. The minimum Gasteiger partial charge on any atom is -0.354 e. The van der Waals surface area contributed by atoms with Gasteiger partial charge in [-0.1, -0.05) is 38.5 Å². The molecule has 25 heavy (non-hydrogen) atoms. The number of hydrogen-bond donors (Lipinski definition) is 2. The maximum absolute atomic E-state index is 12.6. The Morgan fingerprint density at radius 1 is 1.28 bits per heavy atom. The van der Waals surface area contributed by atoms with Gasteiger partial charge in [-0.05, 0) is 36.8 Å². The van der Waals surface area contributed by atoms with Gasteiger partial charge in [0, 0.05) is 19.6 Å². The van der Waals surface area contributed by atoms with Crippen LogP contribution < -0.4 is 11.1 Å². The number of nitrogens with one attached hydrogen (secondary N) is 1. The number of nitrogens with two attached hydrogens (primary N) is 1. The third-order valence-corrected chi connectivity index (χ3v) is 6.99. The van der Waals surface area contributed by atoms with Crippen LogP contribution in [-0.2, 0) is 14.8 Å². The Kier molecular flexibility index (Phi) is 6.98. The third-order valence-electron chi connectivity index (χ3n) is 5.08. The van der Waals surface area contributed by atoms with Gasteiger partial charge < -0.3 is 11.1 Å². The second-order valence-electron chi connectivity index (χ2n) is 6.82. The van der Waals surface area contributed by atoms with Crippen LogP contribution in [0.3, 0.4) is 0 Å². The molecule has 0 radical (unpaired) electrons. The Bertz CT molecular complexity index is 655. The van der Waals surface area contributed by atoms with Crippen molar-refractivity contribution in [2.75, 3.05) is 19.6 Å². The summed E-state index contributed by atoms with van der Waals surface area (Å²) in [5.41, 5.74) is 5.93. The van der Waals surface area contributed by atoms with Gasteiger partial charge in [-0.15, -0.1) is 0 Å². The van der Waals surface area contributed by atoms with E-state index in [0.29, 0.717) is 24.5 Å². The number of piperidine rings is 1. The molecule has 0 saturated carbocycles. The van der Waals surface area contributed by atoms with Crippen molar-refractivity contribution in [3.63, 3.8) is 0 Å². The molecule has 2 rings (SSSR count). The van der Waals surface area contributed by atoms with Crippen LogP contribution in [0, 0.1) is 11.8 Å². The highest BCUT2D eigenvalue weighted by atomic mass is 32.2. The summed E-state index contributed by atoms with van der Waals surface area (Å²) in [7, 11) is -3.42. The average Bonchev–Trinajstić information content (AvgIpc) is 2.65. The van der Waals surface area contributed by atoms with Gasteiger partial charge >= 0.3 is 0 Å². The third kappa shape index (κ3) is 5.03. The summed E-state index contributed by atoms with van der Waals surface area (Å²) >= 11 is 0. The van der Waals surface area contributed by atoms with Crippen molar-refractivity contribution >= 4 is 15.9 Å². The molecule has 1 heterocycles. The minimum atomic E-state index is -3.42. The molecule has 1 amide bonds. The molecule has 2 atom stereocenters. The van der Waals surface area contributed by atoms with Crippen LogP contribution in [0.4, 0.5) is 0 Å². The number of carbonyl (C=O) groups excluding carboxylic acids is 1. The topological polar surface area (TPSA) is 92.5 Å². The fraction of sp³-hybridized carbons (Fsp3) is 0.611. The van der Waals surface area contributed by atoms with Gasteiger partial charge in [0.15, 0.2) is 0 Å². The van der Waals surface area contributed by atoms with Crippen LogP contribution in [0.25, 0.3) is 0 Å². The maximum Gasteiger partial charge on any atom is 0.243 e. The average molecular weight is 368 g/mol. The number of sulfonamides is 1. The van der Waals surface area contributed by atoms with E-state index >= 15 is 0 Å². The summed E-state index contributed by atoms with van der Waals surface area (Å²) in [6, 6.07) is 8.03. The van der Waals surface area contributed by atoms with Crippen molar-refractivity contribution < 1.29 is 13.2 Å². The van der Waals surface area contributed by atoms with Crippen LogP contribution in [0.15, 0.2) is 35.2 Å². The first-order valence-corrected chi connectivity index (χ1v) is 10.4. The van der Waals surface area contributed by atoms with E-state index in [-0.39, 0.29) is 17.7 Å². The van der Waals surface area contributed by atoms with Gasteiger partial charge in [-0.3, -0.25) is 4.79 Å². The lowest BCUT2D eigenvalue weighted by molar-refractivity contribution is -0.123. The van der Waals surface area contributed by atoms with Crippen molar-refractivity contribution in [1.29, 1.82) is 0 Å². The predicted molar refractivity (Wildman–Crippen MR) is 98.4 cm³/mol. The van der Waals surface area contributed by atoms with E-state index < -0.39 is 16.1 Å². The molecular weight excluding hydrogens is 338 g/mol. The summed E-state index contributed by atoms with van der Waals surface area (Å²) < 4.78 is 26.7. The molecule has 1 aliphatic heterocycles. The number of rotatable bonds is 7. The SMILES string of the molecule is CCC(C)C(N)C(=O)NCC1CCN(S(=O)(=O)c2ccccc2)CC1. The summed E-state index contributed by atoms with van der Waals surface area (Å²) in [4.78, 5) is 12.4. The van der Waals surface area contributed by atoms with Gasteiger partial charge in [0.25, 0.3) is 0 Å². The van der Waals surface area contributed by atoms with Crippen molar-refractivity contribution in [2.45, 2.75) is 44.0 Å². The van der Waals surface area contributed by atoms with Crippen molar-refractivity contribution in [2.24, 2.45) is 17.6 Å². The molecule has 0 spiro atoms. The van der Waals surface area contributed by atoms with E-state index in [0.717, 1.165) is 19.3 Å². The van der Waals surface area contributed by atoms with Crippen LogP contribution in [-0.4, -0.2) is 44.3 Å². The molecule has 2 unspecified atom stereocenters. The highest BCUT2D eigenvalue weighted by Crippen LogP contribution is 2.23. The molecule has 6 nitrogen and oxygen atoms in total. The maximum atomic E-state index is 12.6. The largest absolute Gasteiger partial charge is 0.354 e. The highest BCUT2D eigenvalue weighted by molar-refractivity contribution is 7.89. The Morgan fingerprint density at radius 2 is 1.88 bits per heavy atom. The quantitative estimate of drug-likeness (QED) is 0.765. The molecule has 1 aromatic carbocycles. The van der Waals surface area contributed by atoms with Gasteiger partial charge in [0.1, 0.15) is 0 Å². The van der Waals surface area contributed by atoms with Gasteiger partial charge in [-0.25, -0.2) is 8.42 Å². The molecular formula is C18H29N3O3S. The smallest absolute Gasteiger partial charge is 0.243 e. The lowest BCUT2D eigenvalue weighted by Crippen LogP contribution is -2.47. The molecule has 7 heteroatoms. The van der Waals surface area contributed by atoms with E-state index in [1.54, 1.807) is 30.3 Å². The normalized spacial score (nSPS) is 19.3. The lowest BCUT2D eigenvalue weighted by Gasteiger charge is -2.31. The van der Waals surface area contributed by atoms with Crippen LogP contribution in [0.5, 0.6) is 0 Å². The predicted octanol–water partition coefficient (Wildman–Crippen LogP) is 1.58. The summed E-state index contributed by atoms with van der Waals surface area (Å²) in [5, 5.41) is 2.92. The van der Waals surface area contributed by atoms with E-state index in [4.69, 9.17) is 5.73 Å². The van der Waals surface area contributed by atoms with E-state index in [9.17, 15) is 13.2 Å². The van der Waals surface area contributed by atoms with Crippen LogP contribution in [0.1, 0.15) is 33.1 Å². The second-order valence-corrected chi connectivity index (χ2v) is 8.75. The molecule has 0 aromatic heterocycles. The summed E-state index contributed by atoms with van der Waals surface area (Å²) in [6.07, 6.45) is 2.35. The fourth-order valence-electron chi connectivity index (χ4n) is 2.97. The van der Waals surface area contributed by atoms with Gasteiger partial charge in [0.05, 0.1) is 10.9 Å². The minimum absolute atomic E-state index is 0.117. The number of carbonyl (C=O) groups is 1. The van der Waals surface area contributed by atoms with Gasteiger partial charge in [0.2, 0.25) is 15.9 Å². The van der Waals surface area contributed by atoms with E-state index in [2.05, 4.69) is 5.32 Å². The Morgan fingerprint density at radius 3 is 2.44 bits per heavy atom. The van der Waals surface area contributed by atoms with Crippen molar-refractivity contribution in [3.05, 3.63) is 30.3 Å². The lowest BCUT2D eigenvalue weighted by atomic mass is 9.96. The molecule has 0 bridgehead atoms. The first-order valence-electron chi connectivity index (χ1n) is 8.94. The summed E-state index contributed by atoms with van der Waals surface area (Å²) in [5.74, 6) is 0.321. The van der Waals surface area contributed by atoms with Crippen LogP contribution >= 0.6 is 0 Å². The fourth-order valence-corrected chi connectivity index (χ4v) is 4.46. The van der Waals surface area contributed by atoms with Gasteiger partial charge in [-0.2, -0.15) is 4.31 Å². The molecule has 140 valence electrons. The van der Waals surface area contributed by atoms with Crippen molar-refractivity contribution in [3.8, 4) is 0 Å². The van der Waals surface area contributed by atoms with E-state index in [1.807, 2.05) is 13.8 Å². The van der Waals surface area contributed by atoms with Crippen LogP contribution in [0.2, 0.25) is 0 Å². The molecule has 1 aliphatic rings. The Hall–Kier alpha value is -1.44. The van der Waals surface area contributed by atoms with Crippen molar-refractivity contribution in [1.82, 2.24) is 9.62 Å². The zero-order valence-corrected chi connectivity index (χ0v) is 15.8. The molecule has 3 N–H and O–H groups in total. The van der Waals surface area contributed by atoms with E-state index in [1.165, 1.54) is 4.31 Å². The molecule has 0 aliphatic carbocycles. The molecule has 1 saturated heterocycles. The zero-order valence-electron chi connectivity index (χ0n) is 15.0. The summed E-state index contributed by atoms with van der Waals surface area (Å²) in [6.45, 7) is 5.50.